The number of sulfonamides is 1. The largest absolute Gasteiger partial charge is 0.472 e. The summed E-state index contributed by atoms with van der Waals surface area (Å²) in [7, 11) is -0.833. The highest BCUT2D eigenvalue weighted by Gasteiger charge is 2.32. The van der Waals surface area contributed by atoms with E-state index in [-0.39, 0.29) is 42.7 Å². The monoisotopic (exact) mass is 609 g/mol. The lowest BCUT2D eigenvalue weighted by Gasteiger charge is -2.25. The lowest BCUT2D eigenvalue weighted by Crippen LogP contribution is -2.35. The lowest BCUT2D eigenvalue weighted by molar-refractivity contribution is -0.141. The molecule has 0 radical (unpaired) electrons. The standard InChI is InChI=1S/C22H32IN3O7S/c1-16(27)32-13-14-33-20-19(23)21(25(5)24-20)26(15-31-12-11-30-6)34(28,29)18-9-7-17(8-10-18)22(2,3)4/h7-10H,11-15H2,1-6H3. The molecule has 0 aliphatic heterocycles. The summed E-state index contributed by atoms with van der Waals surface area (Å²) in [4.78, 5) is 11.1. The fraction of sp³-hybridized carbons (Fsp3) is 0.545. The van der Waals surface area contributed by atoms with Gasteiger partial charge in [0.1, 0.15) is 23.5 Å². The number of halogens is 1. The average molecular weight is 609 g/mol. The van der Waals surface area contributed by atoms with Crippen molar-refractivity contribution in [1.29, 1.82) is 0 Å². The van der Waals surface area contributed by atoms with Gasteiger partial charge in [-0.25, -0.2) is 17.4 Å². The molecule has 0 saturated heterocycles. The van der Waals surface area contributed by atoms with E-state index < -0.39 is 16.0 Å². The Morgan fingerprint density at radius 1 is 1.12 bits per heavy atom. The average Bonchev–Trinajstić information content (AvgIpc) is 3.03. The van der Waals surface area contributed by atoms with Gasteiger partial charge in [-0.05, 0) is 45.7 Å². The summed E-state index contributed by atoms with van der Waals surface area (Å²) < 4.78 is 51.5. The number of esters is 1. The molecule has 0 bridgehead atoms. The Morgan fingerprint density at radius 2 is 1.76 bits per heavy atom. The zero-order valence-electron chi connectivity index (χ0n) is 20.3. The van der Waals surface area contributed by atoms with Crippen LogP contribution in [0.2, 0.25) is 0 Å². The molecule has 0 fully saturated rings. The molecule has 0 atom stereocenters. The second kappa shape index (κ2) is 12.2. The van der Waals surface area contributed by atoms with E-state index in [9.17, 15) is 13.2 Å². The third-order valence-electron chi connectivity index (χ3n) is 4.74. The van der Waals surface area contributed by atoms with Crippen molar-refractivity contribution in [3.63, 3.8) is 0 Å². The SMILES string of the molecule is COCCOCN(c1c(I)c(OCCOC(C)=O)nn1C)S(=O)(=O)c1ccc(C(C)(C)C)cc1. The molecular weight excluding hydrogens is 577 g/mol. The molecule has 10 nitrogen and oxygen atoms in total. The fourth-order valence-corrected chi connectivity index (χ4v) is 5.39. The van der Waals surface area contributed by atoms with Gasteiger partial charge in [-0.3, -0.25) is 4.79 Å². The fourth-order valence-electron chi connectivity index (χ4n) is 2.94. The predicted molar refractivity (Wildman–Crippen MR) is 136 cm³/mol. The molecule has 34 heavy (non-hydrogen) atoms. The summed E-state index contributed by atoms with van der Waals surface area (Å²) in [5.41, 5.74) is 0.911. The van der Waals surface area contributed by atoms with Gasteiger partial charge in [0.15, 0.2) is 5.82 Å². The van der Waals surface area contributed by atoms with Crippen molar-refractivity contribution >= 4 is 44.4 Å². The Hall–Kier alpha value is -1.90. The molecule has 0 spiro atoms. The zero-order valence-corrected chi connectivity index (χ0v) is 23.3. The van der Waals surface area contributed by atoms with Crippen LogP contribution < -0.4 is 9.04 Å². The van der Waals surface area contributed by atoms with Gasteiger partial charge in [0.25, 0.3) is 10.0 Å². The van der Waals surface area contributed by atoms with Crippen molar-refractivity contribution in [2.24, 2.45) is 7.05 Å². The molecule has 0 aliphatic rings. The maximum absolute atomic E-state index is 13.7. The van der Waals surface area contributed by atoms with Crippen molar-refractivity contribution in [2.45, 2.75) is 38.0 Å². The van der Waals surface area contributed by atoms with E-state index in [0.29, 0.717) is 16.0 Å². The van der Waals surface area contributed by atoms with Crippen LogP contribution in [0.25, 0.3) is 0 Å². The van der Waals surface area contributed by atoms with E-state index >= 15 is 0 Å². The first-order chi connectivity index (χ1) is 15.9. The summed E-state index contributed by atoms with van der Waals surface area (Å²) in [5.74, 6) is 0.105. The van der Waals surface area contributed by atoms with Gasteiger partial charge >= 0.3 is 5.97 Å². The molecule has 0 amide bonds. The highest BCUT2D eigenvalue weighted by Crippen LogP contribution is 2.34. The van der Waals surface area contributed by atoms with Crippen LogP contribution >= 0.6 is 22.6 Å². The summed E-state index contributed by atoms with van der Waals surface area (Å²) in [6.45, 7) is 7.93. The van der Waals surface area contributed by atoms with Crippen LogP contribution in [0, 0.1) is 3.57 Å². The molecular formula is C22H32IN3O7S. The number of carbonyl (C=O) groups excluding carboxylic acids is 1. The molecule has 1 aromatic carbocycles. The van der Waals surface area contributed by atoms with E-state index in [0.717, 1.165) is 9.87 Å². The lowest BCUT2D eigenvalue weighted by atomic mass is 9.87. The minimum absolute atomic E-state index is 0.0551. The number of hydrogen-bond acceptors (Lipinski definition) is 8. The molecule has 2 rings (SSSR count). The third-order valence-corrected chi connectivity index (χ3v) is 7.41. The number of hydrogen-bond donors (Lipinski definition) is 0. The van der Waals surface area contributed by atoms with Gasteiger partial charge in [-0.1, -0.05) is 32.9 Å². The van der Waals surface area contributed by atoms with Crippen molar-refractivity contribution < 1.29 is 32.2 Å². The topological polar surface area (TPSA) is 109 Å². The van der Waals surface area contributed by atoms with Crippen molar-refractivity contribution in [2.75, 3.05) is 44.6 Å². The smallest absolute Gasteiger partial charge is 0.302 e. The molecule has 190 valence electrons. The molecule has 0 unspecified atom stereocenters. The highest BCUT2D eigenvalue weighted by molar-refractivity contribution is 14.1. The highest BCUT2D eigenvalue weighted by atomic mass is 127. The number of aryl methyl sites for hydroxylation is 1. The van der Waals surface area contributed by atoms with E-state index in [1.54, 1.807) is 19.2 Å². The van der Waals surface area contributed by atoms with E-state index in [2.05, 4.69) is 25.9 Å². The summed E-state index contributed by atoms with van der Waals surface area (Å²) in [5, 5.41) is 4.31. The number of anilines is 1. The number of nitrogens with zero attached hydrogens (tertiary/aromatic N) is 3. The van der Waals surface area contributed by atoms with Gasteiger partial charge in [0.05, 0.1) is 18.1 Å². The summed E-state index contributed by atoms with van der Waals surface area (Å²) in [6, 6.07) is 6.82. The van der Waals surface area contributed by atoms with Crippen molar-refractivity contribution in [3.05, 3.63) is 33.4 Å². The second-order valence-corrected chi connectivity index (χ2v) is 11.4. The first kappa shape index (κ1) is 28.3. The molecule has 2 aromatic rings. The number of rotatable bonds is 12. The first-order valence-corrected chi connectivity index (χ1v) is 13.1. The van der Waals surface area contributed by atoms with Gasteiger partial charge in [-0.15, -0.1) is 5.10 Å². The van der Waals surface area contributed by atoms with E-state index in [1.807, 2.05) is 34.7 Å². The van der Waals surface area contributed by atoms with Crippen LogP contribution in [0.5, 0.6) is 5.88 Å². The van der Waals surface area contributed by atoms with Crippen LogP contribution in [0.1, 0.15) is 33.3 Å². The number of aromatic nitrogens is 2. The Kier molecular flexibility index (Phi) is 10.2. The van der Waals surface area contributed by atoms with E-state index in [4.69, 9.17) is 18.9 Å². The number of methoxy groups -OCH3 is 1. The number of carbonyl (C=O) groups is 1. The Balaban J connectivity index is 2.39. The zero-order chi connectivity index (χ0) is 25.5. The van der Waals surface area contributed by atoms with Crippen LogP contribution in [-0.4, -0.2) is 64.4 Å². The molecule has 1 aromatic heterocycles. The molecule has 0 saturated carbocycles. The Labute approximate surface area is 214 Å². The first-order valence-electron chi connectivity index (χ1n) is 10.6. The van der Waals surface area contributed by atoms with Crippen molar-refractivity contribution in [3.8, 4) is 5.88 Å². The molecule has 0 N–H and O–H groups in total. The predicted octanol–water partition coefficient (Wildman–Crippen LogP) is 3.08. The minimum Gasteiger partial charge on any atom is -0.472 e. The van der Waals surface area contributed by atoms with Crippen LogP contribution in [0.15, 0.2) is 29.2 Å². The van der Waals surface area contributed by atoms with Gasteiger partial charge in [0, 0.05) is 21.1 Å². The van der Waals surface area contributed by atoms with Crippen LogP contribution in [0.4, 0.5) is 5.82 Å². The van der Waals surface area contributed by atoms with Crippen LogP contribution in [0.3, 0.4) is 0 Å². The number of benzene rings is 1. The summed E-state index contributed by atoms with van der Waals surface area (Å²) in [6.07, 6.45) is 0. The third kappa shape index (κ3) is 7.30. The summed E-state index contributed by atoms with van der Waals surface area (Å²) >= 11 is 1.98. The van der Waals surface area contributed by atoms with E-state index in [1.165, 1.54) is 18.7 Å². The normalized spacial score (nSPS) is 12.0. The minimum atomic E-state index is -3.99. The molecule has 0 aliphatic carbocycles. The number of ether oxygens (including phenoxy) is 4. The Morgan fingerprint density at radius 3 is 2.32 bits per heavy atom. The maximum atomic E-state index is 13.7. The molecule has 12 heteroatoms. The van der Waals surface area contributed by atoms with Gasteiger partial charge in [-0.2, -0.15) is 0 Å². The van der Waals surface area contributed by atoms with Gasteiger partial charge < -0.3 is 18.9 Å². The van der Waals surface area contributed by atoms with Crippen LogP contribution in [-0.2, 0) is 41.5 Å². The van der Waals surface area contributed by atoms with Crippen molar-refractivity contribution in [1.82, 2.24) is 9.78 Å². The molecule has 1 heterocycles. The van der Waals surface area contributed by atoms with Gasteiger partial charge in [0.2, 0.25) is 5.88 Å². The maximum Gasteiger partial charge on any atom is 0.302 e. The Bertz CT molecular complexity index is 1060. The quantitative estimate of drug-likeness (QED) is 0.156. The second-order valence-electron chi connectivity index (χ2n) is 8.41.